The molecule has 0 saturated carbocycles. The molecule has 0 bridgehead atoms. The summed E-state index contributed by atoms with van der Waals surface area (Å²) < 4.78 is 81.5. The summed E-state index contributed by atoms with van der Waals surface area (Å²) in [7, 11) is 6.13. The topological polar surface area (TPSA) is 34.1 Å². The molecule has 0 aliphatic rings. The minimum absolute atomic E-state index is 0. The van der Waals surface area contributed by atoms with Crippen LogP contribution in [-0.2, 0) is 67.5 Å². The van der Waals surface area contributed by atoms with Crippen LogP contribution in [0.1, 0.15) is 67.7 Å². The SMILES string of the molecule is C.CC(=O)C(C)=O.CC(F)(F)CF.CCCCCC.CF.FS(F)(F)F.S=S=S=S=S=S. The molecule has 2 nitrogen and oxygen atoms in total. The molecule has 0 amide bonds. The van der Waals surface area contributed by atoms with Crippen LogP contribution in [0.25, 0.3) is 0 Å². The van der Waals surface area contributed by atoms with Crippen molar-refractivity contribution in [1.29, 1.82) is 0 Å². The second kappa shape index (κ2) is 38.7. The van der Waals surface area contributed by atoms with E-state index in [4.69, 9.17) is 0 Å². The van der Waals surface area contributed by atoms with Crippen molar-refractivity contribution < 1.29 is 42.7 Å². The number of carbonyl (C=O) groups excluding carboxylic acids is 2. The molecule has 0 aliphatic heterocycles. The van der Waals surface area contributed by atoms with Crippen molar-refractivity contribution in [1.82, 2.24) is 0 Å². The average Bonchev–Trinajstić information content (AvgIpc) is 2.65. The van der Waals surface area contributed by atoms with E-state index >= 15 is 0 Å². The number of ketones is 2. The van der Waals surface area contributed by atoms with E-state index in [0.717, 1.165) is 0 Å². The summed E-state index contributed by atoms with van der Waals surface area (Å²) in [6.45, 7) is 5.94. The van der Waals surface area contributed by atoms with E-state index in [1.54, 1.807) is 0 Å². The van der Waals surface area contributed by atoms with E-state index in [2.05, 4.69) is 36.2 Å². The lowest BCUT2D eigenvalue weighted by atomic mass is 10.2. The van der Waals surface area contributed by atoms with E-state index in [9.17, 15) is 42.7 Å². The molecule has 0 spiro atoms. The Kier molecular flexibility index (Phi) is 59.9. The molecule has 0 unspecified atom stereocenters. The summed E-state index contributed by atoms with van der Waals surface area (Å²) in [5.74, 6) is -3.88. The second-order valence-electron chi connectivity index (χ2n) is 4.65. The summed E-state index contributed by atoms with van der Waals surface area (Å²) in [5, 5.41) is 0. The van der Waals surface area contributed by atoms with Crippen molar-refractivity contribution in [2.75, 3.05) is 13.9 Å². The molecule has 0 aromatic heterocycles. The first-order valence-corrected chi connectivity index (χ1v) is 15.8. The Morgan fingerprint density at radius 1 is 0.844 bits per heavy atom. The second-order valence-corrected chi connectivity index (χ2v) is 12.4. The van der Waals surface area contributed by atoms with Gasteiger partial charge in [0.2, 0.25) is 0 Å². The van der Waals surface area contributed by atoms with Gasteiger partial charge in [0, 0.05) is 78.7 Å². The normalized spacial score (nSPS) is 9.06. The van der Waals surface area contributed by atoms with Crippen LogP contribution < -0.4 is 0 Å². The van der Waals surface area contributed by atoms with E-state index in [-0.39, 0.29) is 19.0 Å². The molecule has 17 heteroatoms. The molecule has 0 aromatic carbocycles. The number of halogens is 8. The zero-order chi connectivity index (χ0) is 26.5. The maximum Gasteiger partial charge on any atom is 0.379 e. The Balaban J connectivity index is -0.0000000475. The number of hydrogen-bond donors (Lipinski definition) is 0. The number of alkyl halides is 4. The molecule has 32 heavy (non-hydrogen) atoms. The van der Waals surface area contributed by atoms with Crippen molar-refractivity contribution in [3.63, 3.8) is 0 Å². The third-order valence-corrected chi connectivity index (χ3v) is 8.44. The molecule has 202 valence electrons. The van der Waals surface area contributed by atoms with E-state index < -0.39 is 24.2 Å². The molecule has 0 aliphatic carbocycles. The Morgan fingerprint density at radius 3 is 1.09 bits per heavy atom. The van der Waals surface area contributed by atoms with Gasteiger partial charge in [-0.25, -0.2) is 13.2 Å². The summed E-state index contributed by atoms with van der Waals surface area (Å²) in [4.78, 5) is 19.6. The lowest BCUT2D eigenvalue weighted by molar-refractivity contribution is -0.134. The van der Waals surface area contributed by atoms with Gasteiger partial charge in [0.1, 0.15) is 0 Å². The van der Waals surface area contributed by atoms with Gasteiger partial charge in [-0.1, -0.05) is 62.5 Å². The monoisotopic (exact) mass is 620 g/mol. The Labute approximate surface area is 210 Å². The molecule has 0 heterocycles. The van der Waals surface area contributed by atoms with Gasteiger partial charge in [0.15, 0.2) is 18.2 Å². The van der Waals surface area contributed by atoms with Crippen molar-refractivity contribution >= 4 is 81.0 Å². The van der Waals surface area contributed by atoms with E-state index in [1.807, 2.05) is 0 Å². The van der Waals surface area contributed by atoms with Crippen LogP contribution in [0, 0.1) is 0 Å². The number of unbranched alkanes of at least 4 members (excludes halogenated alkanes) is 3. The summed E-state index contributed by atoms with van der Waals surface area (Å²) in [5.41, 5.74) is 0. The fraction of sp³-hybridized carbons (Fsp3) is 0.867. The highest BCUT2D eigenvalue weighted by Crippen LogP contribution is 2.54. The molecule has 0 fully saturated rings. The van der Waals surface area contributed by atoms with E-state index in [1.165, 1.54) is 75.1 Å². The van der Waals surface area contributed by atoms with Gasteiger partial charge in [-0.3, -0.25) is 14.0 Å². The molecule has 0 N–H and O–H groups in total. The maximum absolute atomic E-state index is 11.1. The van der Waals surface area contributed by atoms with E-state index in [0.29, 0.717) is 14.1 Å². The largest absolute Gasteiger partial charge is 0.379 e. The van der Waals surface area contributed by atoms with Crippen molar-refractivity contribution in [2.45, 2.75) is 73.7 Å². The first-order valence-electron chi connectivity index (χ1n) is 7.90. The predicted octanol–water partition coefficient (Wildman–Crippen LogP) is 7.90. The molecule has 0 radical (unpaired) electrons. The molecule has 0 atom stereocenters. The lowest BCUT2D eigenvalue weighted by Gasteiger charge is -1.99. The van der Waals surface area contributed by atoms with Crippen LogP contribution in [-0.4, -0.2) is 31.3 Å². The van der Waals surface area contributed by atoms with Crippen molar-refractivity contribution in [3.8, 4) is 0 Å². The average molecular weight is 621 g/mol. The van der Waals surface area contributed by atoms with Crippen molar-refractivity contribution in [2.24, 2.45) is 0 Å². The van der Waals surface area contributed by atoms with Gasteiger partial charge < -0.3 is 0 Å². The van der Waals surface area contributed by atoms with Gasteiger partial charge in [-0.15, -0.1) is 0 Å². The number of carbonyl (C=O) groups is 2. The highest BCUT2D eigenvalue weighted by Gasteiger charge is 2.19. The molecular formula is C15H32F8O2S7. The fourth-order valence-electron chi connectivity index (χ4n) is 0.523. The highest BCUT2D eigenvalue weighted by molar-refractivity contribution is 8.64. The van der Waals surface area contributed by atoms with Crippen LogP contribution >= 0.6 is 11.6 Å². The van der Waals surface area contributed by atoms with Crippen LogP contribution in [0.4, 0.5) is 33.1 Å². The summed E-state index contributed by atoms with van der Waals surface area (Å²) in [6, 6.07) is 0. The Morgan fingerprint density at radius 2 is 1.03 bits per heavy atom. The predicted molar refractivity (Wildman–Crippen MR) is 138 cm³/mol. The fourth-order valence-corrected chi connectivity index (χ4v) is 6.01. The zero-order valence-corrected chi connectivity index (χ0v) is 23.4. The highest BCUT2D eigenvalue weighted by atomic mass is 33.3. The molecular weight excluding hydrogens is 589 g/mol. The van der Waals surface area contributed by atoms with Crippen LogP contribution in [0.2, 0.25) is 0 Å². The van der Waals surface area contributed by atoms with Gasteiger partial charge in [0.25, 0.3) is 5.92 Å². The van der Waals surface area contributed by atoms with Gasteiger partial charge in [-0.05, 0) is 0 Å². The molecule has 0 rings (SSSR count). The van der Waals surface area contributed by atoms with Gasteiger partial charge in [0.05, 0.1) is 7.18 Å². The smallest absolute Gasteiger partial charge is 0.291 e. The third-order valence-electron chi connectivity index (χ3n) is 1.77. The lowest BCUT2D eigenvalue weighted by Crippen LogP contribution is -2.10. The van der Waals surface area contributed by atoms with Crippen molar-refractivity contribution in [3.05, 3.63) is 0 Å². The Hall–Kier alpha value is 0.450. The van der Waals surface area contributed by atoms with Gasteiger partial charge in [-0.2, -0.15) is 0 Å². The molecule has 0 saturated heterocycles. The number of hydrogen-bond acceptors (Lipinski definition) is 4. The van der Waals surface area contributed by atoms with Crippen LogP contribution in [0.5, 0.6) is 0 Å². The molecule has 0 aromatic rings. The number of Topliss-reactive ketones (excluding diaryl/α,β-unsaturated/α-hetero) is 2. The maximum atomic E-state index is 11.1. The number of rotatable bonds is 5. The third kappa shape index (κ3) is 146. The minimum Gasteiger partial charge on any atom is -0.291 e. The standard InChI is InChI=1S/C6H14.C4H6O2.C3H5F3.CH3F.CH4.F4S.S6/c1-3-5-6-4-2;1-3(5)4(2)6;1-3(5,6)2-4;1-2;;1-5(2,3)4;1-3-5-6-4-2/h3-6H2,1-2H3;1-2H3;2H2,1H3;1H3;1H4;;. The minimum atomic E-state index is -6.17. The quantitative estimate of drug-likeness (QED) is 0.178. The Bertz CT molecular complexity index is 519. The zero-order valence-electron chi connectivity index (χ0n) is 17.7. The first kappa shape index (κ1) is 49.6. The first-order chi connectivity index (χ1) is 14.0. The van der Waals surface area contributed by atoms with Crippen LogP contribution in [0.15, 0.2) is 0 Å². The summed E-state index contributed by atoms with van der Waals surface area (Å²) >= 11 is 2.87. The van der Waals surface area contributed by atoms with Crippen LogP contribution in [0.3, 0.4) is 0 Å². The summed E-state index contributed by atoms with van der Waals surface area (Å²) in [6.07, 6.45) is 5.54. The van der Waals surface area contributed by atoms with Gasteiger partial charge >= 0.3 is 11.6 Å².